The Morgan fingerprint density at radius 2 is 2.11 bits per heavy atom. The number of benzene rings is 1. The Morgan fingerprint density at radius 3 is 2.68 bits per heavy atom. The van der Waals surface area contributed by atoms with Gasteiger partial charge < -0.3 is 10.0 Å². The first-order chi connectivity index (χ1) is 9.15. The average Bonchev–Trinajstić information content (AvgIpc) is 2.81. The summed E-state index contributed by atoms with van der Waals surface area (Å²) in [6.07, 6.45) is 0.124. The number of anilines is 1. The molecule has 0 spiro atoms. The smallest absolute Gasteiger partial charge is 0.305 e. The molecule has 1 aromatic heterocycles. The van der Waals surface area contributed by atoms with Crippen molar-refractivity contribution in [3.63, 3.8) is 0 Å². The lowest BCUT2D eigenvalue weighted by atomic mass is 10.2. The molecule has 0 fully saturated rings. The normalized spacial score (nSPS) is 10.4. The number of hydrogen-bond donors (Lipinski definition) is 1. The molecule has 0 saturated heterocycles. The van der Waals surface area contributed by atoms with E-state index >= 15 is 0 Å². The van der Waals surface area contributed by atoms with Crippen LogP contribution >= 0.6 is 11.3 Å². The van der Waals surface area contributed by atoms with Gasteiger partial charge in [-0.05, 0) is 19.1 Å². The fourth-order valence-electron chi connectivity index (χ4n) is 1.81. The summed E-state index contributed by atoms with van der Waals surface area (Å²) in [5.74, 6) is -0.781. The van der Waals surface area contributed by atoms with Crippen LogP contribution in [0.25, 0.3) is 0 Å². The van der Waals surface area contributed by atoms with Crippen LogP contribution in [0.15, 0.2) is 35.7 Å². The van der Waals surface area contributed by atoms with Crippen molar-refractivity contribution in [1.82, 2.24) is 4.98 Å². The number of thiazole rings is 1. The van der Waals surface area contributed by atoms with E-state index in [-0.39, 0.29) is 6.42 Å². The third-order valence-electron chi connectivity index (χ3n) is 2.71. The maximum atomic E-state index is 10.8. The third kappa shape index (κ3) is 4.06. The van der Waals surface area contributed by atoms with Crippen LogP contribution in [0, 0.1) is 6.92 Å². The van der Waals surface area contributed by atoms with Gasteiger partial charge in [-0.1, -0.05) is 18.2 Å². The third-order valence-corrected chi connectivity index (χ3v) is 3.66. The minimum absolute atomic E-state index is 0.124. The van der Waals surface area contributed by atoms with E-state index in [4.69, 9.17) is 5.11 Å². The molecule has 2 rings (SSSR count). The first-order valence-electron chi connectivity index (χ1n) is 6.08. The van der Waals surface area contributed by atoms with E-state index in [0.717, 1.165) is 16.4 Å². The maximum Gasteiger partial charge on any atom is 0.305 e. The van der Waals surface area contributed by atoms with E-state index in [2.05, 4.69) is 4.98 Å². The Morgan fingerprint density at radius 1 is 1.37 bits per heavy atom. The number of aryl methyl sites for hydroxylation is 1. The summed E-state index contributed by atoms with van der Waals surface area (Å²) in [6, 6.07) is 9.84. The number of aliphatic carboxylic acids is 1. The molecule has 1 N–H and O–H groups in total. The molecule has 0 unspecified atom stereocenters. The number of nitrogens with zero attached hydrogens (tertiary/aromatic N) is 2. The second-order valence-electron chi connectivity index (χ2n) is 4.28. The highest BCUT2D eigenvalue weighted by Crippen LogP contribution is 2.19. The van der Waals surface area contributed by atoms with Crippen LogP contribution in [0.1, 0.15) is 17.1 Å². The van der Waals surface area contributed by atoms with Crippen molar-refractivity contribution >= 4 is 23.0 Å². The minimum Gasteiger partial charge on any atom is -0.481 e. The number of para-hydroxylation sites is 1. The van der Waals surface area contributed by atoms with E-state index in [1.807, 2.05) is 47.5 Å². The summed E-state index contributed by atoms with van der Waals surface area (Å²) in [5.41, 5.74) is 2.03. The number of hydrogen-bond acceptors (Lipinski definition) is 4. The lowest BCUT2D eigenvalue weighted by Crippen LogP contribution is -2.25. The standard InChI is InChI=1S/C14H16N2O2S/c1-11-10-19-13(15-11)9-16(8-7-14(17)18)12-5-3-2-4-6-12/h2-6,10H,7-9H2,1H3,(H,17,18). The Labute approximate surface area is 116 Å². The van der Waals surface area contributed by atoms with Gasteiger partial charge >= 0.3 is 5.97 Å². The molecule has 0 bridgehead atoms. The van der Waals surface area contributed by atoms with Crippen LogP contribution in [0.4, 0.5) is 5.69 Å². The Hall–Kier alpha value is -1.88. The number of rotatable bonds is 6. The van der Waals surface area contributed by atoms with Gasteiger partial charge in [-0.25, -0.2) is 4.98 Å². The fraction of sp³-hybridized carbons (Fsp3) is 0.286. The average molecular weight is 276 g/mol. The van der Waals surface area contributed by atoms with Crippen LogP contribution in [0.2, 0.25) is 0 Å². The van der Waals surface area contributed by atoms with Crippen molar-refractivity contribution in [2.24, 2.45) is 0 Å². The molecular weight excluding hydrogens is 260 g/mol. The molecule has 0 amide bonds. The minimum atomic E-state index is -0.781. The van der Waals surface area contributed by atoms with E-state index in [0.29, 0.717) is 13.1 Å². The summed E-state index contributed by atoms with van der Waals surface area (Å²) in [5, 5.41) is 11.9. The van der Waals surface area contributed by atoms with E-state index in [1.165, 1.54) is 0 Å². The van der Waals surface area contributed by atoms with Crippen molar-refractivity contribution in [3.8, 4) is 0 Å². The zero-order valence-corrected chi connectivity index (χ0v) is 11.6. The first-order valence-corrected chi connectivity index (χ1v) is 6.96. The molecule has 1 aromatic carbocycles. The molecular formula is C14H16N2O2S. The molecule has 19 heavy (non-hydrogen) atoms. The zero-order valence-electron chi connectivity index (χ0n) is 10.7. The van der Waals surface area contributed by atoms with Crippen molar-refractivity contribution in [2.45, 2.75) is 19.9 Å². The summed E-state index contributed by atoms with van der Waals surface area (Å²) in [4.78, 5) is 17.2. The molecule has 1 heterocycles. The van der Waals surface area contributed by atoms with Crippen LogP contribution < -0.4 is 4.90 Å². The van der Waals surface area contributed by atoms with Gasteiger partial charge in [0.2, 0.25) is 0 Å². The number of carboxylic acid groups (broad SMARTS) is 1. The van der Waals surface area contributed by atoms with Crippen molar-refractivity contribution in [3.05, 3.63) is 46.4 Å². The molecule has 2 aromatic rings. The predicted octanol–water partition coefficient (Wildman–Crippen LogP) is 2.93. The Kier molecular flexibility index (Phi) is 4.52. The van der Waals surface area contributed by atoms with Gasteiger partial charge in [-0.15, -0.1) is 11.3 Å². The molecule has 0 aliphatic carbocycles. The monoisotopic (exact) mass is 276 g/mol. The van der Waals surface area contributed by atoms with Crippen molar-refractivity contribution in [2.75, 3.05) is 11.4 Å². The molecule has 5 heteroatoms. The molecule has 0 aliphatic heterocycles. The fourth-order valence-corrected chi connectivity index (χ4v) is 2.59. The lowest BCUT2D eigenvalue weighted by molar-refractivity contribution is -0.136. The van der Waals surface area contributed by atoms with Gasteiger partial charge in [-0.3, -0.25) is 4.79 Å². The molecule has 0 saturated carbocycles. The lowest BCUT2D eigenvalue weighted by Gasteiger charge is -2.23. The van der Waals surface area contributed by atoms with Crippen LogP contribution in [0.3, 0.4) is 0 Å². The van der Waals surface area contributed by atoms with Crippen LogP contribution in [-0.4, -0.2) is 22.6 Å². The highest BCUT2D eigenvalue weighted by molar-refractivity contribution is 7.09. The van der Waals surface area contributed by atoms with Gasteiger partial charge in [0.05, 0.1) is 13.0 Å². The molecule has 4 nitrogen and oxygen atoms in total. The predicted molar refractivity (Wildman–Crippen MR) is 76.6 cm³/mol. The SMILES string of the molecule is Cc1csc(CN(CCC(=O)O)c2ccccc2)n1. The summed E-state index contributed by atoms with van der Waals surface area (Å²) < 4.78 is 0. The topological polar surface area (TPSA) is 53.4 Å². The zero-order chi connectivity index (χ0) is 13.7. The van der Waals surface area contributed by atoms with E-state index < -0.39 is 5.97 Å². The highest BCUT2D eigenvalue weighted by atomic mass is 32.1. The highest BCUT2D eigenvalue weighted by Gasteiger charge is 2.11. The second kappa shape index (κ2) is 6.33. The van der Waals surface area contributed by atoms with Gasteiger partial charge in [0.25, 0.3) is 0 Å². The summed E-state index contributed by atoms with van der Waals surface area (Å²) in [7, 11) is 0. The quantitative estimate of drug-likeness (QED) is 0.881. The van der Waals surface area contributed by atoms with Gasteiger partial charge in [0.1, 0.15) is 5.01 Å². The van der Waals surface area contributed by atoms with E-state index in [1.54, 1.807) is 11.3 Å². The van der Waals surface area contributed by atoms with Gasteiger partial charge in [0.15, 0.2) is 0 Å². The van der Waals surface area contributed by atoms with Gasteiger partial charge in [0, 0.05) is 23.3 Å². The number of carboxylic acids is 1. The summed E-state index contributed by atoms with van der Waals surface area (Å²) in [6.45, 7) is 3.10. The molecule has 0 atom stereocenters. The number of carbonyl (C=O) groups is 1. The molecule has 100 valence electrons. The molecule has 0 aliphatic rings. The maximum absolute atomic E-state index is 10.8. The number of aromatic nitrogens is 1. The van der Waals surface area contributed by atoms with Crippen LogP contribution in [-0.2, 0) is 11.3 Å². The van der Waals surface area contributed by atoms with Crippen LogP contribution in [0.5, 0.6) is 0 Å². The summed E-state index contributed by atoms with van der Waals surface area (Å²) >= 11 is 1.61. The van der Waals surface area contributed by atoms with Crippen molar-refractivity contribution in [1.29, 1.82) is 0 Å². The Balaban J connectivity index is 2.12. The van der Waals surface area contributed by atoms with Gasteiger partial charge in [-0.2, -0.15) is 0 Å². The van der Waals surface area contributed by atoms with Crippen molar-refractivity contribution < 1.29 is 9.90 Å². The Bertz CT molecular complexity index is 539. The largest absolute Gasteiger partial charge is 0.481 e. The van der Waals surface area contributed by atoms with E-state index in [9.17, 15) is 4.79 Å². The molecule has 0 radical (unpaired) electrons. The second-order valence-corrected chi connectivity index (χ2v) is 5.23. The first kappa shape index (κ1) is 13.5.